The summed E-state index contributed by atoms with van der Waals surface area (Å²) < 4.78 is 2.47. The molecule has 0 unspecified atom stereocenters. The molecule has 212 valence electrons. The molecule has 0 bridgehead atoms. The lowest BCUT2D eigenvalue weighted by molar-refractivity contribution is 1.01. The summed E-state index contributed by atoms with van der Waals surface area (Å²) in [7, 11) is 0. The Morgan fingerprint density at radius 3 is 2.24 bits per heavy atom. The molecule has 1 N–H and O–H groups in total. The Labute approximate surface area is 260 Å². The minimum Gasteiger partial charge on any atom is -0.380 e. The first-order valence-corrected chi connectivity index (χ1v) is 15.3. The highest BCUT2D eigenvalue weighted by Crippen LogP contribution is 2.40. The van der Waals surface area contributed by atoms with Crippen LogP contribution in [-0.2, 0) is 0 Å². The second-order valence-electron chi connectivity index (χ2n) is 11.6. The molecule has 8 aromatic rings. The topological polar surface area (TPSA) is 42.7 Å². The molecule has 1 aliphatic heterocycles. The van der Waals surface area contributed by atoms with Crippen LogP contribution in [0, 0.1) is 0 Å². The predicted octanol–water partition coefficient (Wildman–Crippen LogP) is 9.57. The summed E-state index contributed by atoms with van der Waals surface area (Å²) in [4.78, 5) is 8.55. The zero-order valence-corrected chi connectivity index (χ0v) is 24.5. The summed E-state index contributed by atoms with van der Waals surface area (Å²) in [5.74, 6) is 0. The summed E-state index contributed by atoms with van der Waals surface area (Å²) >= 11 is 0. The Kier molecular flexibility index (Phi) is 5.85. The Bertz CT molecular complexity index is 2460. The molecule has 0 spiro atoms. The highest BCUT2D eigenvalue weighted by molar-refractivity contribution is 6.20. The highest BCUT2D eigenvalue weighted by Gasteiger charge is 2.18. The van der Waals surface area contributed by atoms with Crippen LogP contribution in [0.5, 0.6) is 0 Å². The zero-order valence-electron chi connectivity index (χ0n) is 24.5. The van der Waals surface area contributed by atoms with Crippen molar-refractivity contribution in [2.75, 3.05) is 6.54 Å². The summed E-state index contributed by atoms with van der Waals surface area (Å²) in [6, 6.07) is 41.7. The van der Waals surface area contributed by atoms with E-state index in [-0.39, 0.29) is 0 Å². The second-order valence-corrected chi connectivity index (χ2v) is 11.6. The lowest BCUT2D eigenvalue weighted by Gasteiger charge is -2.18. The number of rotatable bonds is 4. The van der Waals surface area contributed by atoms with Crippen LogP contribution in [-0.4, -0.2) is 21.1 Å². The highest BCUT2D eigenvalue weighted by atomic mass is 15.0. The Morgan fingerprint density at radius 1 is 0.533 bits per heavy atom. The SMILES string of the molecule is C1=C(c2ccncc2)CNC(c2ccc3c(ccc4c5ccc(-c6cccnc6)cc5n(-c5cccc6ccccc56)c34)c2)=C1. The number of hydrogen-bond donors (Lipinski definition) is 1. The molecule has 0 atom stereocenters. The van der Waals surface area contributed by atoms with Gasteiger partial charge in [0.25, 0.3) is 0 Å². The second kappa shape index (κ2) is 10.3. The van der Waals surface area contributed by atoms with E-state index in [4.69, 9.17) is 0 Å². The van der Waals surface area contributed by atoms with Crippen molar-refractivity contribution in [1.82, 2.24) is 19.9 Å². The van der Waals surface area contributed by atoms with E-state index in [1.54, 1.807) is 0 Å². The molecule has 9 rings (SSSR count). The summed E-state index contributed by atoms with van der Waals surface area (Å²) in [6.45, 7) is 0.779. The molecular formula is C41H28N4. The number of pyridine rings is 2. The molecule has 0 radical (unpaired) electrons. The predicted molar refractivity (Wildman–Crippen MR) is 187 cm³/mol. The molecular weight excluding hydrogens is 548 g/mol. The zero-order chi connectivity index (χ0) is 29.7. The number of fused-ring (bicyclic) bond motifs is 6. The first kappa shape index (κ1) is 25.5. The van der Waals surface area contributed by atoms with E-state index in [9.17, 15) is 0 Å². The first-order chi connectivity index (χ1) is 22.3. The third-order valence-corrected chi connectivity index (χ3v) is 9.03. The molecule has 4 heteroatoms. The lowest BCUT2D eigenvalue weighted by atomic mass is 9.99. The summed E-state index contributed by atoms with van der Waals surface area (Å²) in [5.41, 5.74) is 10.6. The van der Waals surface area contributed by atoms with Gasteiger partial charge in [0.15, 0.2) is 0 Å². The van der Waals surface area contributed by atoms with Crippen LogP contribution in [0.1, 0.15) is 11.1 Å². The van der Waals surface area contributed by atoms with Crippen LogP contribution in [0.15, 0.2) is 152 Å². The Hall–Kier alpha value is -6.00. The number of benzene rings is 5. The maximum Gasteiger partial charge on any atom is 0.0619 e. The van der Waals surface area contributed by atoms with Gasteiger partial charge in [-0.05, 0) is 75.5 Å². The number of aromatic nitrogens is 3. The molecule has 0 fully saturated rings. The van der Waals surface area contributed by atoms with E-state index in [1.165, 1.54) is 65.7 Å². The average Bonchev–Trinajstić information content (AvgIpc) is 3.46. The van der Waals surface area contributed by atoms with Crippen LogP contribution in [0.2, 0.25) is 0 Å². The van der Waals surface area contributed by atoms with Gasteiger partial charge in [-0.25, -0.2) is 0 Å². The standard InChI is InChI=1S/C41H28N4/c1-2-8-34-28(5-1)6-3-9-39(34)45-40-24-29(32-7-4-20-43-25-32)10-15-36(40)37-16-11-30-23-31(12-14-35(30)41(37)45)38-17-13-33(26-44-38)27-18-21-42-22-19-27/h1-25,44H,26H2. The first-order valence-electron chi connectivity index (χ1n) is 15.3. The van der Waals surface area contributed by atoms with Gasteiger partial charge < -0.3 is 9.88 Å². The molecule has 4 heterocycles. The number of hydrogen-bond acceptors (Lipinski definition) is 3. The van der Waals surface area contributed by atoms with Crippen LogP contribution >= 0.6 is 0 Å². The molecule has 0 saturated heterocycles. The van der Waals surface area contributed by atoms with Gasteiger partial charge in [0, 0.05) is 64.1 Å². The van der Waals surface area contributed by atoms with Crippen molar-refractivity contribution in [3.63, 3.8) is 0 Å². The number of nitrogens with zero attached hydrogens (tertiary/aromatic N) is 3. The minimum atomic E-state index is 0.779. The molecule has 0 saturated carbocycles. The van der Waals surface area contributed by atoms with E-state index in [2.05, 4.69) is 141 Å². The van der Waals surface area contributed by atoms with Gasteiger partial charge in [0.05, 0.1) is 16.7 Å². The normalized spacial score (nSPS) is 13.2. The van der Waals surface area contributed by atoms with Crippen molar-refractivity contribution in [3.8, 4) is 16.8 Å². The largest absolute Gasteiger partial charge is 0.380 e. The lowest BCUT2D eigenvalue weighted by Crippen LogP contribution is -2.18. The van der Waals surface area contributed by atoms with E-state index in [1.807, 2.05) is 30.9 Å². The average molecular weight is 577 g/mol. The van der Waals surface area contributed by atoms with Gasteiger partial charge in [-0.2, -0.15) is 0 Å². The summed E-state index contributed by atoms with van der Waals surface area (Å²) in [5, 5.41) is 11.0. The minimum absolute atomic E-state index is 0.779. The molecule has 5 aromatic carbocycles. The molecule has 1 aliphatic rings. The van der Waals surface area contributed by atoms with Crippen molar-refractivity contribution < 1.29 is 0 Å². The Morgan fingerprint density at radius 2 is 1.38 bits per heavy atom. The maximum atomic E-state index is 4.39. The molecule has 3 aromatic heterocycles. The van der Waals surface area contributed by atoms with Crippen molar-refractivity contribution >= 4 is 54.6 Å². The Balaban J connectivity index is 1.27. The fourth-order valence-corrected chi connectivity index (χ4v) is 6.83. The quantitative estimate of drug-likeness (QED) is 0.227. The fraction of sp³-hybridized carbons (Fsp3) is 0.0244. The van der Waals surface area contributed by atoms with E-state index < -0.39 is 0 Å². The molecule has 4 nitrogen and oxygen atoms in total. The maximum absolute atomic E-state index is 4.39. The number of dihydropyridines is 1. The van der Waals surface area contributed by atoms with Gasteiger partial charge in [-0.15, -0.1) is 0 Å². The molecule has 0 aliphatic carbocycles. The van der Waals surface area contributed by atoms with E-state index in [0.717, 1.165) is 23.4 Å². The monoisotopic (exact) mass is 576 g/mol. The van der Waals surface area contributed by atoms with Crippen molar-refractivity contribution in [2.45, 2.75) is 0 Å². The van der Waals surface area contributed by atoms with Crippen LogP contribution in [0.3, 0.4) is 0 Å². The smallest absolute Gasteiger partial charge is 0.0619 e. The molecule has 0 amide bonds. The van der Waals surface area contributed by atoms with E-state index in [0.29, 0.717) is 0 Å². The third-order valence-electron chi connectivity index (χ3n) is 9.03. The van der Waals surface area contributed by atoms with Crippen molar-refractivity contribution in [1.29, 1.82) is 0 Å². The van der Waals surface area contributed by atoms with Gasteiger partial charge in [-0.1, -0.05) is 84.9 Å². The van der Waals surface area contributed by atoms with Crippen molar-refractivity contribution in [2.24, 2.45) is 0 Å². The number of nitrogens with one attached hydrogen (secondary N) is 1. The van der Waals surface area contributed by atoms with Crippen LogP contribution in [0.4, 0.5) is 0 Å². The van der Waals surface area contributed by atoms with Gasteiger partial charge >= 0.3 is 0 Å². The van der Waals surface area contributed by atoms with Gasteiger partial charge in [0.1, 0.15) is 0 Å². The van der Waals surface area contributed by atoms with Gasteiger partial charge in [0.2, 0.25) is 0 Å². The summed E-state index contributed by atoms with van der Waals surface area (Å²) in [6.07, 6.45) is 11.9. The third kappa shape index (κ3) is 4.22. The van der Waals surface area contributed by atoms with Crippen molar-refractivity contribution in [3.05, 3.63) is 163 Å². The molecule has 45 heavy (non-hydrogen) atoms. The van der Waals surface area contributed by atoms with Gasteiger partial charge in [-0.3, -0.25) is 9.97 Å². The van der Waals surface area contributed by atoms with E-state index >= 15 is 0 Å². The number of allylic oxidation sites excluding steroid dienone is 2. The fourth-order valence-electron chi connectivity index (χ4n) is 6.83. The van der Waals surface area contributed by atoms with Crippen LogP contribution < -0.4 is 5.32 Å². The van der Waals surface area contributed by atoms with Crippen LogP contribution in [0.25, 0.3) is 71.4 Å².